The highest BCUT2D eigenvalue weighted by Crippen LogP contribution is 2.11. The molecule has 0 saturated carbocycles. The molecule has 0 aliphatic carbocycles. The maximum absolute atomic E-state index is 4.10. The zero-order valence-corrected chi connectivity index (χ0v) is 7.80. The Bertz CT molecular complexity index is 287. The van der Waals surface area contributed by atoms with E-state index in [0.29, 0.717) is 0 Å². The van der Waals surface area contributed by atoms with E-state index < -0.39 is 0 Å². The van der Waals surface area contributed by atoms with Gasteiger partial charge in [0.2, 0.25) is 0 Å². The maximum Gasteiger partial charge on any atom is 0.00858 e. The minimum Gasteiger partial charge on any atom is -0.175 e. The summed E-state index contributed by atoms with van der Waals surface area (Å²) in [5.74, 6) is 0.769. The first-order valence-electron chi connectivity index (χ1n) is 3.87. The largest absolute Gasteiger partial charge is 0.175 e. The Balaban J connectivity index is 2.96. The quantitative estimate of drug-likeness (QED) is 0.671. The van der Waals surface area contributed by atoms with Crippen molar-refractivity contribution >= 4 is 24.8 Å². The molecule has 0 saturated heterocycles. The molecular formula is C11H12S. The van der Waals surface area contributed by atoms with Crippen LogP contribution in [-0.4, -0.2) is 5.75 Å². The van der Waals surface area contributed by atoms with Crippen LogP contribution >= 0.6 is 12.6 Å². The predicted molar refractivity (Wildman–Crippen MR) is 59.4 cm³/mol. The Hall–Kier alpha value is -0.950. The molecule has 0 nitrogen and oxygen atoms in total. The van der Waals surface area contributed by atoms with Crippen LogP contribution in [0.3, 0.4) is 0 Å². The van der Waals surface area contributed by atoms with Gasteiger partial charge in [-0.2, -0.15) is 12.6 Å². The zero-order chi connectivity index (χ0) is 8.81. The normalized spacial score (nSPS) is 10.4. The monoisotopic (exact) mass is 176 g/mol. The summed E-state index contributed by atoms with van der Waals surface area (Å²) >= 11 is 4.10. The summed E-state index contributed by atoms with van der Waals surface area (Å²) in [6.45, 7) is 3.75. The van der Waals surface area contributed by atoms with E-state index in [1.54, 1.807) is 0 Å². The second-order valence-corrected chi connectivity index (χ2v) is 2.78. The van der Waals surface area contributed by atoms with Gasteiger partial charge in [0, 0.05) is 5.75 Å². The Morgan fingerprint density at radius 2 is 1.92 bits per heavy atom. The summed E-state index contributed by atoms with van der Waals surface area (Å²) in [5, 5.41) is 0. The van der Waals surface area contributed by atoms with E-state index in [4.69, 9.17) is 0 Å². The molecule has 0 N–H and O–H groups in total. The molecule has 0 bridgehead atoms. The van der Waals surface area contributed by atoms with E-state index in [1.807, 2.05) is 30.4 Å². The van der Waals surface area contributed by atoms with Gasteiger partial charge in [-0.15, -0.1) is 0 Å². The molecule has 0 amide bonds. The molecule has 62 valence electrons. The van der Waals surface area contributed by atoms with Gasteiger partial charge in [-0.25, -0.2) is 0 Å². The van der Waals surface area contributed by atoms with Crippen LogP contribution < -0.4 is 0 Å². The van der Waals surface area contributed by atoms with Crippen LogP contribution in [0.25, 0.3) is 12.2 Å². The number of benzene rings is 1. The molecule has 0 radical (unpaired) electrons. The third-order valence-corrected chi connectivity index (χ3v) is 1.83. The molecule has 1 aromatic rings. The van der Waals surface area contributed by atoms with Gasteiger partial charge in [-0.05, 0) is 11.1 Å². The Morgan fingerprint density at radius 1 is 1.25 bits per heavy atom. The smallest absolute Gasteiger partial charge is 0.00858 e. The van der Waals surface area contributed by atoms with Crippen LogP contribution in [0.2, 0.25) is 0 Å². The van der Waals surface area contributed by atoms with E-state index in [9.17, 15) is 0 Å². The third kappa shape index (κ3) is 2.28. The summed E-state index contributed by atoms with van der Waals surface area (Å²) in [6.07, 6.45) is 5.94. The average Bonchev–Trinajstić information content (AvgIpc) is 2.15. The van der Waals surface area contributed by atoms with Gasteiger partial charge in [0.1, 0.15) is 0 Å². The highest BCUT2D eigenvalue weighted by atomic mass is 32.1. The first-order valence-corrected chi connectivity index (χ1v) is 4.50. The molecule has 0 aromatic heterocycles. The average molecular weight is 176 g/mol. The molecule has 1 aromatic carbocycles. The molecule has 1 rings (SSSR count). The van der Waals surface area contributed by atoms with E-state index in [0.717, 1.165) is 11.3 Å². The molecule has 12 heavy (non-hydrogen) atoms. The van der Waals surface area contributed by atoms with Crippen LogP contribution in [0.5, 0.6) is 0 Å². The molecular weight excluding hydrogens is 164 g/mol. The van der Waals surface area contributed by atoms with Crippen LogP contribution in [0.1, 0.15) is 11.1 Å². The van der Waals surface area contributed by atoms with Gasteiger partial charge >= 0.3 is 0 Å². The third-order valence-electron chi connectivity index (χ3n) is 1.62. The van der Waals surface area contributed by atoms with Crippen LogP contribution in [-0.2, 0) is 0 Å². The van der Waals surface area contributed by atoms with Crippen molar-refractivity contribution < 1.29 is 0 Å². The van der Waals surface area contributed by atoms with Gasteiger partial charge in [-0.1, -0.05) is 49.1 Å². The summed E-state index contributed by atoms with van der Waals surface area (Å²) in [5.41, 5.74) is 2.36. The molecule has 0 aliphatic heterocycles. The fraction of sp³-hybridized carbons (Fsp3) is 0.0909. The predicted octanol–water partition coefficient (Wildman–Crippen LogP) is 3.27. The molecule has 1 heteroatoms. The lowest BCUT2D eigenvalue weighted by Gasteiger charge is -1.98. The number of thiol groups is 1. The summed E-state index contributed by atoms with van der Waals surface area (Å²) in [4.78, 5) is 0. The van der Waals surface area contributed by atoms with Crippen molar-refractivity contribution in [3.63, 3.8) is 0 Å². The topological polar surface area (TPSA) is 0 Å². The van der Waals surface area contributed by atoms with Crippen LogP contribution in [0.4, 0.5) is 0 Å². The van der Waals surface area contributed by atoms with Gasteiger partial charge < -0.3 is 0 Å². The number of hydrogen-bond acceptors (Lipinski definition) is 1. The molecule has 0 aliphatic rings. The molecule has 0 unspecified atom stereocenters. The van der Waals surface area contributed by atoms with E-state index in [1.165, 1.54) is 5.56 Å². The lowest BCUT2D eigenvalue weighted by molar-refractivity contribution is 1.61. The summed E-state index contributed by atoms with van der Waals surface area (Å²) < 4.78 is 0. The zero-order valence-electron chi connectivity index (χ0n) is 6.90. The molecule has 0 atom stereocenters. The lowest BCUT2D eigenvalue weighted by atomic mass is 10.1. The van der Waals surface area contributed by atoms with Gasteiger partial charge in [0.05, 0.1) is 0 Å². The fourth-order valence-electron chi connectivity index (χ4n) is 1.03. The van der Waals surface area contributed by atoms with Crippen molar-refractivity contribution in [1.29, 1.82) is 0 Å². The van der Waals surface area contributed by atoms with E-state index in [2.05, 4.69) is 31.4 Å². The van der Waals surface area contributed by atoms with Gasteiger partial charge in [0.25, 0.3) is 0 Å². The second-order valence-electron chi connectivity index (χ2n) is 2.42. The summed E-state index contributed by atoms with van der Waals surface area (Å²) in [7, 11) is 0. The van der Waals surface area contributed by atoms with E-state index >= 15 is 0 Å². The number of hydrogen-bond donors (Lipinski definition) is 1. The van der Waals surface area contributed by atoms with Gasteiger partial charge in [0.15, 0.2) is 0 Å². The first-order chi connectivity index (χ1) is 5.88. The van der Waals surface area contributed by atoms with Crippen molar-refractivity contribution in [3.05, 3.63) is 48.0 Å². The SMILES string of the molecule is C=Cc1ccccc1C=CCS. The van der Waals surface area contributed by atoms with Crippen LogP contribution in [0.15, 0.2) is 36.9 Å². The van der Waals surface area contributed by atoms with Crippen molar-refractivity contribution in [3.8, 4) is 0 Å². The molecule has 0 fully saturated rings. The molecule has 0 spiro atoms. The standard InChI is InChI=1S/C11H12S/c1-2-10-6-3-4-7-11(10)8-5-9-12/h2-8,12H,1,9H2. The Labute approximate surface area is 79.0 Å². The van der Waals surface area contributed by atoms with Crippen molar-refractivity contribution in [2.75, 3.05) is 5.75 Å². The Morgan fingerprint density at radius 3 is 2.50 bits per heavy atom. The number of rotatable bonds is 3. The molecule has 0 heterocycles. The maximum atomic E-state index is 4.10. The minimum atomic E-state index is 0.769. The first kappa shape index (κ1) is 9.14. The Kier molecular flexibility index (Phi) is 3.68. The lowest BCUT2D eigenvalue weighted by Crippen LogP contribution is -1.78. The summed E-state index contributed by atoms with van der Waals surface area (Å²) in [6, 6.07) is 8.14. The fourth-order valence-corrected chi connectivity index (χ4v) is 1.13. The second kappa shape index (κ2) is 4.83. The van der Waals surface area contributed by atoms with Crippen LogP contribution in [0, 0.1) is 0 Å². The minimum absolute atomic E-state index is 0.769. The highest BCUT2D eigenvalue weighted by molar-refractivity contribution is 7.80. The highest BCUT2D eigenvalue weighted by Gasteiger charge is 1.90. The van der Waals surface area contributed by atoms with Crippen molar-refractivity contribution in [2.45, 2.75) is 0 Å². The van der Waals surface area contributed by atoms with Crippen molar-refractivity contribution in [2.24, 2.45) is 0 Å². The van der Waals surface area contributed by atoms with Gasteiger partial charge in [-0.3, -0.25) is 0 Å². The van der Waals surface area contributed by atoms with E-state index in [-0.39, 0.29) is 0 Å². The van der Waals surface area contributed by atoms with Crippen molar-refractivity contribution in [1.82, 2.24) is 0 Å².